The molecule has 3 aromatic rings. The zero-order valence-corrected chi connectivity index (χ0v) is 19.9. The molecule has 2 fully saturated rings. The number of nitrogens with zero attached hydrogens (tertiary/aromatic N) is 1. The monoisotopic (exact) mass is 484 g/mol. The summed E-state index contributed by atoms with van der Waals surface area (Å²) >= 11 is 0. The number of ether oxygens (including phenoxy) is 5. The molecule has 2 atom stereocenters. The van der Waals surface area contributed by atoms with Crippen molar-refractivity contribution in [3.8, 4) is 17.2 Å². The Morgan fingerprint density at radius 3 is 2.66 bits per heavy atom. The second-order valence-electron chi connectivity index (χ2n) is 8.66. The number of methoxy groups -OCH3 is 1. The fourth-order valence-electron chi connectivity index (χ4n) is 4.58. The minimum atomic E-state index is -0.517. The zero-order valence-electron chi connectivity index (χ0n) is 19.9. The van der Waals surface area contributed by atoms with Gasteiger partial charge in [0.15, 0.2) is 23.1 Å². The summed E-state index contributed by atoms with van der Waals surface area (Å²) in [5, 5.41) is 12.0. The first kappa shape index (κ1) is 23.4. The molecule has 35 heavy (non-hydrogen) atoms. The van der Waals surface area contributed by atoms with Crippen molar-refractivity contribution in [3.63, 3.8) is 0 Å². The second kappa shape index (κ2) is 9.73. The van der Waals surface area contributed by atoms with Gasteiger partial charge in [0.2, 0.25) is 5.90 Å². The third kappa shape index (κ3) is 4.64. The minimum Gasteiger partial charge on any atom is -0.493 e. The predicted octanol–water partition coefficient (Wildman–Crippen LogP) is 3.51. The predicted molar refractivity (Wildman–Crippen MR) is 130 cm³/mol. The van der Waals surface area contributed by atoms with Crippen LogP contribution in [0.3, 0.4) is 0 Å². The summed E-state index contributed by atoms with van der Waals surface area (Å²) in [6, 6.07) is 8.37. The van der Waals surface area contributed by atoms with Crippen molar-refractivity contribution in [2.45, 2.75) is 19.1 Å². The van der Waals surface area contributed by atoms with Gasteiger partial charge >= 0.3 is 0 Å². The lowest BCUT2D eigenvalue weighted by atomic mass is 10.1. The van der Waals surface area contributed by atoms with Crippen LogP contribution in [0.4, 0.5) is 10.1 Å². The van der Waals surface area contributed by atoms with E-state index in [1.165, 1.54) is 13.2 Å². The number of nitrogens with one attached hydrogen (secondary N) is 3. The number of hydrogen-bond acceptors (Lipinski definition) is 8. The third-order valence-electron chi connectivity index (χ3n) is 6.39. The zero-order chi connectivity index (χ0) is 24.5. The minimum absolute atomic E-state index is 0.0221. The van der Waals surface area contributed by atoms with Crippen molar-refractivity contribution in [2.24, 2.45) is 0 Å². The number of likely N-dealkylation sites (tertiary alicyclic amines) is 1. The highest BCUT2D eigenvalue weighted by Crippen LogP contribution is 2.35. The number of aryl methyl sites for hydroxylation is 1. The lowest BCUT2D eigenvalue weighted by molar-refractivity contribution is 0.0140. The number of H-pyrrole nitrogens is 1. The Bertz CT molecular complexity index is 1230. The van der Waals surface area contributed by atoms with Crippen molar-refractivity contribution in [1.29, 1.82) is 5.41 Å². The third-order valence-corrected chi connectivity index (χ3v) is 6.39. The largest absolute Gasteiger partial charge is 0.493 e. The number of rotatable bonds is 8. The average molecular weight is 485 g/mol. The fourth-order valence-corrected chi connectivity index (χ4v) is 4.58. The van der Waals surface area contributed by atoms with E-state index >= 15 is 0 Å². The molecule has 0 aliphatic carbocycles. The Hall–Kier alpha value is -3.34. The van der Waals surface area contributed by atoms with E-state index in [2.05, 4.69) is 15.2 Å². The Kier molecular flexibility index (Phi) is 6.50. The second-order valence-corrected chi connectivity index (χ2v) is 8.66. The number of aromatic amines is 1. The van der Waals surface area contributed by atoms with Crippen LogP contribution in [0.1, 0.15) is 11.3 Å². The first-order valence-corrected chi connectivity index (χ1v) is 11.5. The number of benzene rings is 2. The maximum absolute atomic E-state index is 15.0. The van der Waals surface area contributed by atoms with E-state index in [0.717, 1.165) is 25.3 Å². The highest BCUT2D eigenvalue weighted by Gasteiger charge is 2.38. The average Bonchev–Trinajstić information content (AvgIpc) is 3.55. The number of halogens is 1. The Labute approximate surface area is 202 Å². The Morgan fingerprint density at radius 1 is 1.17 bits per heavy atom. The molecule has 0 amide bonds. The smallest absolute Gasteiger partial charge is 0.221 e. The highest BCUT2D eigenvalue weighted by atomic mass is 19.1. The van der Waals surface area contributed by atoms with Gasteiger partial charge in [-0.1, -0.05) is 0 Å². The summed E-state index contributed by atoms with van der Waals surface area (Å²) in [5.74, 6) is 0.237. The summed E-state index contributed by atoms with van der Waals surface area (Å²) in [5.41, 5.74) is 2.54. The molecule has 0 bridgehead atoms. The molecular formula is C25H29FN4O5. The van der Waals surface area contributed by atoms with Crippen LogP contribution in [0.5, 0.6) is 17.2 Å². The van der Waals surface area contributed by atoms with Gasteiger partial charge in [-0.25, -0.2) is 4.39 Å². The molecule has 2 aliphatic rings. The van der Waals surface area contributed by atoms with E-state index < -0.39 is 5.82 Å². The van der Waals surface area contributed by atoms with Crippen LogP contribution in [-0.2, 0) is 9.47 Å². The molecule has 10 heteroatoms. The molecule has 3 N–H and O–H groups in total. The van der Waals surface area contributed by atoms with Gasteiger partial charge < -0.3 is 34.0 Å². The van der Waals surface area contributed by atoms with Gasteiger partial charge in [-0.15, -0.1) is 0 Å². The van der Waals surface area contributed by atoms with Crippen molar-refractivity contribution < 1.29 is 28.1 Å². The first-order valence-electron chi connectivity index (χ1n) is 11.5. The lowest BCUT2D eigenvalue weighted by Crippen LogP contribution is -2.28. The SMILES string of the molecule is CNc1cc(OCCN2CC3OCOC3C2)c(OC)cc1C(=N)Oc1ccc2[nH]c(C)cc2c1F. The molecule has 1 aromatic heterocycles. The fraction of sp³-hybridized carbons (Fsp3) is 0.400. The van der Waals surface area contributed by atoms with Gasteiger partial charge in [0.25, 0.3) is 0 Å². The molecule has 0 saturated carbocycles. The van der Waals surface area contributed by atoms with Crippen LogP contribution in [0.25, 0.3) is 10.9 Å². The molecule has 2 saturated heterocycles. The maximum atomic E-state index is 15.0. The van der Waals surface area contributed by atoms with Crippen LogP contribution in [0, 0.1) is 18.2 Å². The summed E-state index contributed by atoms with van der Waals surface area (Å²) < 4.78 is 43.3. The van der Waals surface area contributed by atoms with Gasteiger partial charge in [0, 0.05) is 49.3 Å². The molecular weight excluding hydrogens is 455 g/mol. The van der Waals surface area contributed by atoms with Gasteiger partial charge in [0.05, 0.1) is 18.4 Å². The quantitative estimate of drug-likeness (QED) is 0.332. The number of anilines is 1. The van der Waals surface area contributed by atoms with Crippen LogP contribution in [0.2, 0.25) is 0 Å². The molecule has 0 spiro atoms. The summed E-state index contributed by atoms with van der Waals surface area (Å²) in [6.07, 6.45) is 0.273. The first-order chi connectivity index (χ1) is 17.0. The van der Waals surface area contributed by atoms with Crippen LogP contribution < -0.4 is 19.5 Å². The number of aromatic nitrogens is 1. The van der Waals surface area contributed by atoms with E-state index in [9.17, 15) is 4.39 Å². The highest BCUT2D eigenvalue weighted by molar-refractivity contribution is 6.00. The lowest BCUT2D eigenvalue weighted by Gasteiger charge is -2.19. The van der Waals surface area contributed by atoms with Crippen LogP contribution in [0.15, 0.2) is 30.3 Å². The normalized spacial score (nSPS) is 19.7. The summed E-state index contributed by atoms with van der Waals surface area (Å²) in [6.45, 7) is 5.06. The number of hydrogen-bond donors (Lipinski definition) is 3. The summed E-state index contributed by atoms with van der Waals surface area (Å²) in [7, 11) is 3.27. The van der Waals surface area contributed by atoms with Gasteiger partial charge in [-0.2, -0.15) is 0 Å². The topological polar surface area (TPSA) is 101 Å². The molecule has 5 rings (SSSR count). The van der Waals surface area contributed by atoms with E-state index in [-0.39, 0.29) is 23.9 Å². The van der Waals surface area contributed by atoms with Gasteiger partial charge in [0.1, 0.15) is 25.6 Å². The Morgan fingerprint density at radius 2 is 1.94 bits per heavy atom. The number of fused-ring (bicyclic) bond motifs is 2. The molecule has 0 radical (unpaired) electrons. The van der Waals surface area contributed by atoms with Crippen molar-refractivity contribution in [1.82, 2.24) is 9.88 Å². The van der Waals surface area contributed by atoms with Crippen LogP contribution >= 0.6 is 0 Å². The summed E-state index contributed by atoms with van der Waals surface area (Å²) in [4.78, 5) is 5.34. The Balaban J connectivity index is 1.29. The molecule has 186 valence electrons. The van der Waals surface area contributed by atoms with E-state index in [1.54, 1.807) is 31.3 Å². The molecule has 2 aromatic carbocycles. The van der Waals surface area contributed by atoms with E-state index in [4.69, 9.17) is 29.1 Å². The molecule has 2 aliphatic heterocycles. The van der Waals surface area contributed by atoms with Crippen molar-refractivity contribution >= 4 is 22.5 Å². The van der Waals surface area contributed by atoms with E-state index in [0.29, 0.717) is 47.1 Å². The molecule has 3 heterocycles. The van der Waals surface area contributed by atoms with Gasteiger partial charge in [-0.3, -0.25) is 10.3 Å². The van der Waals surface area contributed by atoms with E-state index in [1.807, 2.05) is 6.92 Å². The van der Waals surface area contributed by atoms with Crippen LogP contribution in [-0.4, -0.2) is 75.2 Å². The maximum Gasteiger partial charge on any atom is 0.221 e. The molecule has 2 unspecified atom stereocenters. The van der Waals surface area contributed by atoms with Gasteiger partial charge in [-0.05, 0) is 31.2 Å². The standard InChI is InChI=1S/C25H29FN4O5/c1-14-8-15-17(29-14)4-5-19(24(15)26)35-25(27)16-9-20(31-3)21(10-18(16)28-2)32-7-6-30-11-22-23(12-30)34-13-33-22/h4-5,8-10,22-23,27-29H,6-7,11-13H2,1-3H3. The molecule has 9 nitrogen and oxygen atoms in total. The van der Waals surface area contributed by atoms with Crippen molar-refractivity contribution in [3.05, 3.63) is 47.4 Å². The van der Waals surface area contributed by atoms with Crippen molar-refractivity contribution in [2.75, 3.05) is 52.5 Å².